The lowest BCUT2D eigenvalue weighted by Gasteiger charge is -2.19. The summed E-state index contributed by atoms with van der Waals surface area (Å²) in [6.45, 7) is 3.97. The molecular weight excluding hydrogens is 260 g/mol. The molecule has 1 rings (SSSR count). The van der Waals surface area contributed by atoms with Crippen LogP contribution in [0, 0.1) is 5.92 Å². The van der Waals surface area contributed by atoms with Crippen molar-refractivity contribution in [3.05, 3.63) is 11.4 Å². The number of nitrogens with one attached hydrogen (secondary N) is 1. The van der Waals surface area contributed by atoms with E-state index in [9.17, 15) is 9.59 Å². The molecule has 0 aliphatic heterocycles. The quantitative estimate of drug-likeness (QED) is 0.752. The van der Waals surface area contributed by atoms with Gasteiger partial charge in [0.2, 0.25) is 0 Å². The van der Waals surface area contributed by atoms with Crippen molar-refractivity contribution in [3.8, 4) is 0 Å². The number of carbonyl (C=O) groups excluding carboxylic acids is 2. The predicted octanol–water partition coefficient (Wildman–Crippen LogP) is 0.826. The van der Waals surface area contributed by atoms with Crippen molar-refractivity contribution < 1.29 is 14.3 Å². The van der Waals surface area contributed by atoms with Gasteiger partial charge in [0.15, 0.2) is 5.69 Å². The molecule has 1 amide bonds. The molecule has 1 atom stereocenters. The van der Waals surface area contributed by atoms with Gasteiger partial charge in [-0.1, -0.05) is 20.3 Å². The molecule has 1 aromatic heterocycles. The zero-order chi connectivity index (χ0) is 15.3. The number of aryl methyl sites for hydroxylation is 1. The van der Waals surface area contributed by atoms with Gasteiger partial charge in [-0.3, -0.25) is 14.7 Å². The van der Waals surface area contributed by atoms with Gasteiger partial charge in [-0.25, -0.2) is 0 Å². The summed E-state index contributed by atoms with van der Waals surface area (Å²) in [6, 6.07) is 0. The highest BCUT2D eigenvalue weighted by atomic mass is 16.5. The van der Waals surface area contributed by atoms with Crippen molar-refractivity contribution in [2.24, 2.45) is 5.92 Å². The van der Waals surface area contributed by atoms with Crippen LogP contribution in [0.25, 0.3) is 0 Å². The van der Waals surface area contributed by atoms with E-state index in [2.05, 4.69) is 14.9 Å². The predicted molar refractivity (Wildman–Crippen MR) is 75.1 cm³/mol. The number of carbonyl (C=O) groups is 2. The number of ether oxygens (including phenoxy) is 1. The molecule has 112 valence electrons. The van der Waals surface area contributed by atoms with Crippen molar-refractivity contribution in [2.75, 3.05) is 26.4 Å². The number of nitrogen functional groups attached to an aromatic ring is 1. The first-order chi connectivity index (χ1) is 9.42. The van der Waals surface area contributed by atoms with Crippen LogP contribution >= 0.6 is 0 Å². The van der Waals surface area contributed by atoms with Crippen LogP contribution in [0.5, 0.6) is 0 Å². The minimum Gasteiger partial charge on any atom is -0.469 e. The maximum absolute atomic E-state index is 12.2. The Hall–Kier alpha value is -2.05. The third-order valence-corrected chi connectivity index (χ3v) is 3.08. The lowest BCUT2D eigenvalue weighted by atomic mass is 10.1. The van der Waals surface area contributed by atoms with Gasteiger partial charge in [-0.15, -0.1) is 0 Å². The number of H-pyrrole nitrogens is 1. The number of hydrogen-bond acceptors (Lipinski definition) is 5. The van der Waals surface area contributed by atoms with Crippen molar-refractivity contribution in [3.63, 3.8) is 0 Å². The Balaban J connectivity index is 2.77. The topological polar surface area (TPSA) is 101 Å². The number of amides is 1. The number of aromatic amines is 1. The molecule has 0 aromatic carbocycles. The molecule has 3 N–H and O–H groups in total. The Bertz CT molecular complexity index is 484. The number of aromatic nitrogens is 2. The zero-order valence-electron chi connectivity index (χ0n) is 12.4. The second-order valence-electron chi connectivity index (χ2n) is 4.82. The molecule has 0 radical (unpaired) electrons. The first-order valence-corrected chi connectivity index (χ1v) is 6.58. The van der Waals surface area contributed by atoms with E-state index in [4.69, 9.17) is 5.73 Å². The van der Waals surface area contributed by atoms with Crippen LogP contribution in [0.2, 0.25) is 0 Å². The average Bonchev–Trinajstić information content (AvgIpc) is 2.78. The summed E-state index contributed by atoms with van der Waals surface area (Å²) in [5, 5.41) is 6.75. The minimum atomic E-state index is -0.399. The standard InChI is InChI=1S/C13H22N4O3/c1-5-6-9-10(14)11(16-15-9)12(18)17(3)7-8(2)13(19)20-4/h8H,5-7,14H2,1-4H3,(H,15,16). The molecule has 0 saturated carbocycles. The molecule has 0 aliphatic carbocycles. The number of hydrogen-bond donors (Lipinski definition) is 2. The molecule has 1 heterocycles. The van der Waals surface area contributed by atoms with Gasteiger partial charge in [-0.05, 0) is 6.42 Å². The van der Waals surface area contributed by atoms with Crippen LogP contribution < -0.4 is 5.73 Å². The van der Waals surface area contributed by atoms with Crippen molar-refractivity contribution >= 4 is 17.6 Å². The number of esters is 1. The van der Waals surface area contributed by atoms with Crippen LogP contribution in [0.4, 0.5) is 5.69 Å². The maximum Gasteiger partial charge on any atom is 0.310 e. The van der Waals surface area contributed by atoms with Gasteiger partial charge in [0.05, 0.1) is 24.4 Å². The molecule has 0 aliphatic rings. The third kappa shape index (κ3) is 3.49. The van der Waals surface area contributed by atoms with Gasteiger partial charge < -0.3 is 15.4 Å². The molecule has 0 fully saturated rings. The van der Waals surface area contributed by atoms with Gasteiger partial charge in [-0.2, -0.15) is 5.10 Å². The molecule has 7 nitrogen and oxygen atoms in total. The molecule has 0 spiro atoms. The average molecular weight is 282 g/mol. The van der Waals surface area contributed by atoms with Crippen molar-refractivity contribution in [2.45, 2.75) is 26.7 Å². The van der Waals surface area contributed by atoms with Crippen molar-refractivity contribution in [1.29, 1.82) is 0 Å². The summed E-state index contributed by atoms with van der Waals surface area (Å²) in [6.07, 6.45) is 1.66. The molecule has 20 heavy (non-hydrogen) atoms. The number of nitrogens with zero attached hydrogens (tertiary/aromatic N) is 2. The number of methoxy groups -OCH3 is 1. The monoisotopic (exact) mass is 282 g/mol. The summed E-state index contributed by atoms with van der Waals surface area (Å²) < 4.78 is 4.63. The fraction of sp³-hybridized carbons (Fsp3) is 0.615. The molecule has 0 saturated heterocycles. The van der Waals surface area contributed by atoms with E-state index in [-0.39, 0.29) is 24.1 Å². The van der Waals surface area contributed by atoms with E-state index in [0.29, 0.717) is 5.69 Å². The highest BCUT2D eigenvalue weighted by Crippen LogP contribution is 2.17. The highest BCUT2D eigenvalue weighted by molar-refractivity contribution is 5.97. The van der Waals surface area contributed by atoms with Gasteiger partial charge in [0.25, 0.3) is 5.91 Å². The molecule has 7 heteroatoms. The summed E-state index contributed by atoms with van der Waals surface area (Å²) in [4.78, 5) is 25.0. The van der Waals surface area contributed by atoms with E-state index in [0.717, 1.165) is 18.5 Å². The fourth-order valence-electron chi connectivity index (χ4n) is 1.94. The zero-order valence-corrected chi connectivity index (χ0v) is 12.4. The molecule has 1 unspecified atom stereocenters. The normalized spacial score (nSPS) is 12.0. The van der Waals surface area contributed by atoms with E-state index in [1.54, 1.807) is 14.0 Å². The van der Waals surface area contributed by atoms with Crippen LogP contribution in [-0.4, -0.2) is 47.7 Å². The Labute approximate surface area is 118 Å². The summed E-state index contributed by atoms with van der Waals surface area (Å²) in [7, 11) is 2.93. The first-order valence-electron chi connectivity index (χ1n) is 6.58. The first kappa shape index (κ1) is 16.0. The number of anilines is 1. The Morgan fingerprint density at radius 2 is 2.15 bits per heavy atom. The van der Waals surface area contributed by atoms with E-state index < -0.39 is 5.92 Å². The highest BCUT2D eigenvalue weighted by Gasteiger charge is 2.23. The summed E-state index contributed by atoms with van der Waals surface area (Å²) in [5.74, 6) is -1.06. The van der Waals surface area contributed by atoms with Gasteiger partial charge in [0, 0.05) is 13.6 Å². The second kappa shape index (κ2) is 6.93. The van der Waals surface area contributed by atoms with Crippen LogP contribution in [0.1, 0.15) is 36.5 Å². The van der Waals surface area contributed by atoms with E-state index in [1.165, 1.54) is 12.0 Å². The molecule has 1 aromatic rings. The fourth-order valence-corrected chi connectivity index (χ4v) is 1.94. The smallest absolute Gasteiger partial charge is 0.310 e. The second-order valence-corrected chi connectivity index (χ2v) is 4.82. The number of rotatable bonds is 6. The Morgan fingerprint density at radius 3 is 2.70 bits per heavy atom. The van der Waals surface area contributed by atoms with Gasteiger partial charge >= 0.3 is 5.97 Å². The van der Waals surface area contributed by atoms with Crippen LogP contribution in [0.3, 0.4) is 0 Å². The van der Waals surface area contributed by atoms with Crippen LogP contribution in [0.15, 0.2) is 0 Å². The lowest BCUT2D eigenvalue weighted by molar-refractivity contribution is -0.145. The molecular formula is C13H22N4O3. The summed E-state index contributed by atoms with van der Waals surface area (Å²) >= 11 is 0. The van der Waals surface area contributed by atoms with Crippen molar-refractivity contribution in [1.82, 2.24) is 15.1 Å². The lowest BCUT2D eigenvalue weighted by Crippen LogP contribution is -2.34. The van der Waals surface area contributed by atoms with Crippen LogP contribution in [-0.2, 0) is 16.0 Å². The largest absolute Gasteiger partial charge is 0.469 e. The SMILES string of the molecule is CCCc1[nH]nc(C(=O)N(C)CC(C)C(=O)OC)c1N. The molecule has 0 bridgehead atoms. The Morgan fingerprint density at radius 1 is 1.50 bits per heavy atom. The number of nitrogens with two attached hydrogens (primary N) is 1. The van der Waals surface area contributed by atoms with Gasteiger partial charge in [0.1, 0.15) is 0 Å². The van der Waals surface area contributed by atoms with E-state index >= 15 is 0 Å². The Kier molecular flexibility index (Phi) is 5.54. The minimum absolute atomic E-state index is 0.202. The van der Waals surface area contributed by atoms with E-state index in [1.807, 2.05) is 6.92 Å². The third-order valence-electron chi connectivity index (χ3n) is 3.08. The maximum atomic E-state index is 12.2. The summed E-state index contributed by atoms with van der Waals surface area (Å²) in [5.41, 5.74) is 7.27.